The lowest BCUT2D eigenvalue weighted by atomic mass is 10.1. The molecule has 1 saturated heterocycles. The Morgan fingerprint density at radius 2 is 2.24 bits per heavy atom. The smallest absolute Gasteiger partial charge is 0.337 e. The van der Waals surface area contributed by atoms with Gasteiger partial charge in [-0.1, -0.05) is 11.6 Å². The molecule has 2 rings (SSSR count). The maximum Gasteiger partial charge on any atom is 0.337 e. The van der Waals surface area contributed by atoms with Crippen LogP contribution in [0.5, 0.6) is 0 Å². The van der Waals surface area contributed by atoms with E-state index in [1.165, 1.54) is 13.2 Å². The molecular weight excluding hydrogens is 294 g/mol. The Hall–Kier alpha value is -1.59. The first-order valence-electron chi connectivity index (χ1n) is 6.89. The molecule has 0 bridgehead atoms. The zero-order valence-electron chi connectivity index (χ0n) is 11.9. The Bertz CT molecular complexity index is 526. The quantitative estimate of drug-likeness (QED) is 0.868. The fourth-order valence-electron chi connectivity index (χ4n) is 2.24. The van der Waals surface area contributed by atoms with E-state index >= 15 is 0 Å². The van der Waals surface area contributed by atoms with Crippen LogP contribution in [0.15, 0.2) is 18.2 Å². The minimum absolute atomic E-state index is 0.0404. The Morgan fingerprint density at radius 3 is 2.90 bits per heavy atom. The van der Waals surface area contributed by atoms with E-state index < -0.39 is 5.97 Å². The van der Waals surface area contributed by atoms with Gasteiger partial charge >= 0.3 is 5.97 Å². The third kappa shape index (κ3) is 4.44. The number of methoxy groups -OCH3 is 1. The molecule has 1 unspecified atom stereocenters. The lowest BCUT2D eigenvalue weighted by molar-refractivity contribution is -0.119. The molecule has 1 heterocycles. The maximum absolute atomic E-state index is 12.0. The van der Waals surface area contributed by atoms with Gasteiger partial charge in [0.25, 0.3) is 0 Å². The van der Waals surface area contributed by atoms with Crippen LogP contribution >= 0.6 is 11.6 Å². The summed E-state index contributed by atoms with van der Waals surface area (Å²) in [5.74, 6) is -0.649. The first-order valence-corrected chi connectivity index (χ1v) is 7.27. The summed E-state index contributed by atoms with van der Waals surface area (Å²) < 4.78 is 10.2. The Kier molecular flexibility index (Phi) is 5.59. The first-order chi connectivity index (χ1) is 10.1. The number of anilines is 1. The van der Waals surface area contributed by atoms with Crippen molar-refractivity contribution in [2.24, 2.45) is 0 Å². The summed E-state index contributed by atoms with van der Waals surface area (Å²) in [7, 11) is 1.30. The lowest BCUT2D eigenvalue weighted by Gasteiger charge is -2.22. The van der Waals surface area contributed by atoms with Crippen molar-refractivity contribution in [3.63, 3.8) is 0 Å². The van der Waals surface area contributed by atoms with Gasteiger partial charge in [-0.05, 0) is 37.5 Å². The number of ether oxygens (including phenoxy) is 2. The molecule has 114 valence electrons. The van der Waals surface area contributed by atoms with Gasteiger partial charge in [0.15, 0.2) is 0 Å². The number of nitrogens with one attached hydrogen (secondary N) is 1. The molecule has 1 amide bonds. The van der Waals surface area contributed by atoms with Crippen LogP contribution in [-0.2, 0) is 14.3 Å². The van der Waals surface area contributed by atoms with Crippen molar-refractivity contribution in [2.45, 2.75) is 31.8 Å². The highest BCUT2D eigenvalue weighted by Gasteiger charge is 2.18. The molecule has 5 nitrogen and oxygen atoms in total. The third-order valence-electron chi connectivity index (χ3n) is 3.35. The molecule has 1 N–H and O–H groups in total. The summed E-state index contributed by atoms with van der Waals surface area (Å²) in [6, 6.07) is 4.61. The number of amides is 1. The van der Waals surface area contributed by atoms with Crippen molar-refractivity contribution in [3.05, 3.63) is 28.8 Å². The number of esters is 1. The number of carbonyl (C=O) groups excluding carboxylic acids is 2. The topological polar surface area (TPSA) is 64.6 Å². The number of benzene rings is 1. The summed E-state index contributed by atoms with van der Waals surface area (Å²) >= 11 is 6.03. The van der Waals surface area contributed by atoms with Gasteiger partial charge in [-0.25, -0.2) is 4.79 Å². The normalized spacial score (nSPS) is 18.1. The molecule has 0 aromatic heterocycles. The van der Waals surface area contributed by atoms with Crippen LogP contribution in [-0.4, -0.2) is 31.7 Å². The molecule has 6 heteroatoms. The summed E-state index contributed by atoms with van der Waals surface area (Å²) in [6.45, 7) is 0.705. The zero-order chi connectivity index (χ0) is 15.2. The molecule has 1 aromatic rings. The second kappa shape index (κ2) is 7.43. The maximum atomic E-state index is 12.0. The van der Waals surface area contributed by atoms with Crippen LogP contribution in [0.4, 0.5) is 5.69 Å². The van der Waals surface area contributed by atoms with Gasteiger partial charge in [-0.15, -0.1) is 0 Å². The Balaban J connectivity index is 2.00. The van der Waals surface area contributed by atoms with Gasteiger partial charge in [0.1, 0.15) is 0 Å². The largest absolute Gasteiger partial charge is 0.465 e. The third-order valence-corrected chi connectivity index (χ3v) is 3.68. The van der Waals surface area contributed by atoms with E-state index in [1.54, 1.807) is 12.1 Å². The molecule has 0 spiro atoms. The average molecular weight is 312 g/mol. The fourth-order valence-corrected chi connectivity index (χ4v) is 2.41. The zero-order valence-corrected chi connectivity index (χ0v) is 12.6. The number of hydrogen-bond donors (Lipinski definition) is 1. The van der Waals surface area contributed by atoms with Gasteiger partial charge in [0.2, 0.25) is 5.91 Å². The average Bonchev–Trinajstić information content (AvgIpc) is 2.49. The van der Waals surface area contributed by atoms with Crippen LogP contribution in [0, 0.1) is 0 Å². The monoisotopic (exact) mass is 311 g/mol. The van der Waals surface area contributed by atoms with Crippen LogP contribution in [0.2, 0.25) is 5.02 Å². The molecule has 0 aliphatic carbocycles. The summed E-state index contributed by atoms with van der Waals surface area (Å²) in [5.41, 5.74) is 0.742. The van der Waals surface area contributed by atoms with Crippen LogP contribution in [0.25, 0.3) is 0 Å². The fraction of sp³-hybridized carbons (Fsp3) is 0.467. The van der Waals surface area contributed by atoms with Crippen LogP contribution < -0.4 is 5.32 Å². The van der Waals surface area contributed by atoms with Crippen LogP contribution in [0.3, 0.4) is 0 Å². The van der Waals surface area contributed by atoms with Crippen molar-refractivity contribution in [3.8, 4) is 0 Å². The van der Waals surface area contributed by atoms with Crippen molar-refractivity contribution in [1.29, 1.82) is 0 Å². The SMILES string of the molecule is COC(=O)c1ccc(Cl)c(NC(=O)CC2CCCCO2)c1. The van der Waals surface area contributed by atoms with E-state index in [0.717, 1.165) is 19.3 Å². The van der Waals surface area contributed by atoms with Crippen LogP contribution in [0.1, 0.15) is 36.0 Å². The molecule has 1 aromatic carbocycles. The molecule has 1 fully saturated rings. The van der Waals surface area contributed by atoms with E-state index in [9.17, 15) is 9.59 Å². The molecule has 0 radical (unpaired) electrons. The highest BCUT2D eigenvalue weighted by atomic mass is 35.5. The van der Waals surface area contributed by atoms with Crippen molar-refractivity contribution in [2.75, 3.05) is 19.0 Å². The van der Waals surface area contributed by atoms with Crippen molar-refractivity contribution in [1.82, 2.24) is 0 Å². The lowest BCUT2D eigenvalue weighted by Crippen LogP contribution is -2.25. The Morgan fingerprint density at radius 1 is 1.43 bits per heavy atom. The predicted octanol–water partition coefficient (Wildman–Crippen LogP) is 3.02. The standard InChI is InChI=1S/C15H18ClNO4/c1-20-15(19)10-5-6-12(16)13(8-10)17-14(18)9-11-4-2-3-7-21-11/h5-6,8,11H,2-4,7,9H2,1H3,(H,17,18). The molecular formula is C15H18ClNO4. The van der Waals surface area contributed by atoms with Gasteiger partial charge < -0.3 is 14.8 Å². The molecule has 21 heavy (non-hydrogen) atoms. The molecule has 1 aliphatic heterocycles. The number of carbonyl (C=O) groups is 2. The van der Waals surface area contributed by atoms with Crippen molar-refractivity contribution < 1.29 is 19.1 Å². The second-order valence-electron chi connectivity index (χ2n) is 4.93. The van der Waals surface area contributed by atoms with E-state index in [1.807, 2.05) is 0 Å². The van der Waals surface area contributed by atoms with Gasteiger partial charge in [0.05, 0.1) is 35.9 Å². The highest BCUT2D eigenvalue weighted by Crippen LogP contribution is 2.24. The summed E-state index contributed by atoms with van der Waals surface area (Å²) in [4.78, 5) is 23.5. The van der Waals surface area contributed by atoms with E-state index in [2.05, 4.69) is 10.1 Å². The summed E-state index contributed by atoms with van der Waals surface area (Å²) in [5, 5.41) is 3.09. The van der Waals surface area contributed by atoms with E-state index in [-0.39, 0.29) is 12.0 Å². The highest BCUT2D eigenvalue weighted by molar-refractivity contribution is 6.33. The molecule has 0 saturated carbocycles. The number of rotatable bonds is 4. The van der Waals surface area contributed by atoms with E-state index in [0.29, 0.717) is 29.3 Å². The van der Waals surface area contributed by atoms with Gasteiger partial charge in [-0.3, -0.25) is 4.79 Å². The minimum Gasteiger partial charge on any atom is -0.465 e. The van der Waals surface area contributed by atoms with Gasteiger partial charge in [-0.2, -0.15) is 0 Å². The van der Waals surface area contributed by atoms with Crippen molar-refractivity contribution >= 4 is 29.2 Å². The Labute approximate surface area is 128 Å². The second-order valence-corrected chi connectivity index (χ2v) is 5.33. The summed E-state index contributed by atoms with van der Waals surface area (Å²) in [6.07, 6.45) is 3.27. The van der Waals surface area contributed by atoms with Gasteiger partial charge in [0, 0.05) is 6.61 Å². The predicted molar refractivity (Wildman–Crippen MR) is 79.6 cm³/mol. The first kappa shape index (κ1) is 15.8. The molecule has 1 atom stereocenters. The molecule has 1 aliphatic rings. The minimum atomic E-state index is -0.474. The van der Waals surface area contributed by atoms with E-state index in [4.69, 9.17) is 16.3 Å². The number of hydrogen-bond acceptors (Lipinski definition) is 4. The number of halogens is 1.